The number of nitrogens with two attached hydrogens (primary N) is 1. The third-order valence-corrected chi connectivity index (χ3v) is 5.92. The van der Waals surface area contributed by atoms with E-state index in [0.29, 0.717) is 11.4 Å². The largest absolute Gasteiger partial charge is 0.444 e. The number of amides is 2. The van der Waals surface area contributed by atoms with Crippen LogP contribution in [-0.2, 0) is 4.74 Å². The first kappa shape index (κ1) is 26.8. The van der Waals surface area contributed by atoms with Crippen LogP contribution in [0.15, 0.2) is 36.9 Å². The summed E-state index contributed by atoms with van der Waals surface area (Å²) in [5.41, 5.74) is 6.93. The lowest BCUT2D eigenvalue weighted by Gasteiger charge is -2.28. The van der Waals surface area contributed by atoms with Gasteiger partial charge in [-0.25, -0.2) is 18.9 Å². The van der Waals surface area contributed by atoms with E-state index in [1.54, 1.807) is 50.1 Å². The molecule has 0 bridgehead atoms. The fourth-order valence-corrected chi connectivity index (χ4v) is 4.03. The number of rotatable bonds is 9. The van der Waals surface area contributed by atoms with Gasteiger partial charge in [0, 0.05) is 12.2 Å². The topological polar surface area (TPSA) is 149 Å². The molecule has 1 aliphatic carbocycles. The smallest absolute Gasteiger partial charge is 0.407 e. The number of hydrogen-bond acceptors (Lipinski definition) is 8. The van der Waals surface area contributed by atoms with Crippen molar-refractivity contribution in [2.45, 2.75) is 65.1 Å². The molecule has 0 aromatic carbocycles. The summed E-state index contributed by atoms with van der Waals surface area (Å²) in [5.74, 6) is -1.36. The Kier molecular flexibility index (Phi) is 7.51. The molecule has 202 valence electrons. The average Bonchev–Trinajstić information content (AvgIpc) is 3.56. The number of primary amides is 1. The molecule has 1 saturated carbocycles. The maximum absolute atomic E-state index is 15.1. The van der Waals surface area contributed by atoms with E-state index in [-0.39, 0.29) is 35.2 Å². The summed E-state index contributed by atoms with van der Waals surface area (Å²) >= 11 is 0. The fraction of sp³-hybridized carbons (Fsp3) is 0.423. The fourth-order valence-electron chi connectivity index (χ4n) is 4.03. The third kappa shape index (κ3) is 6.75. The second-order valence-electron chi connectivity index (χ2n) is 10.5. The van der Waals surface area contributed by atoms with E-state index >= 15 is 4.39 Å². The van der Waals surface area contributed by atoms with Gasteiger partial charge >= 0.3 is 6.09 Å². The summed E-state index contributed by atoms with van der Waals surface area (Å²) in [6.07, 6.45) is 8.04. The van der Waals surface area contributed by atoms with E-state index < -0.39 is 23.4 Å². The van der Waals surface area contributed by atoms with E-state index in [9.17, 15) is 9.59 Å². The highest BCUT2D eigenvalue weighted by atomic mass is 19.1. The van der Waals surface area contributed by atoms with Crippen molar-refractivity contribution in [3.63, 3.8) is 0 Å². The number of carbonyl (C=O) groups is 2. The van der Waals surface area contributed by atoms with Gasteiger partial charge < -0.3 is 26.4 Å². The molecule has 0 aliphatic heterocycles. The maximum Gasteiger partial charge on any atom is 0.407 e. The predicted octanol–water partition coefficient (Wildman–Crippen LogP) is 4.06. The van der Waals surface area contributed by atoms with Crippen LogP contribution in [0.4, 0.5) is 26.5 Å². The zero-order valence-electron chi connectivity index (χ0n) is 22.1. The van der Waals surface area contributed by atoms with Gasteiger partial charge in [0.1, 0.15) is 11.4 Å². The quantitative estimate of drug-likeness (QED) is 0.327. The van der Waals surface area contributed by atoms with Crippen LogP contribution in [0.5, 0.6) is 0 Å². The number of halogens is 1. The molecule has 0 unspecified atom stereocenters. The number of anilines is 3. The van der Waals surface area contributed by atoms with Crippen molar-refractivity contribution in [3.8, 4) is 5.69 Å². The minimum atomic E-state index is -0.837. The van der Waals surface area contributed by atoms with Gasteiger partial charge in [0.15, 0.2) is 11.6 Å². The van der Waals surface area contributed by atoms with Gasteiger partial charge in [-0.3, -0.25) is 9.78 Å². The molecule has 3 heterocycles. The monoisotopic (exact) mass is 524 g/mol. The van der Waals surface area contributed by atoms with Crippen molar-refractivity contribution in [1.82, 2.24) is 25.1 Å². The van der Waals surface area contributed by atoms with Gasteiger partial charge in [0.25, 0.3) is 5.91 Å². The van der Waals surface area contributed by atoms with Crippen LogP contribution < -0.4 is 21.7 Å². The molecule has 12 heteroatoms. The number of carbonyl (C=O) groups excluding carboxylic acids is 2. The number of nitrogens with zero attached hydrogens (tertiary/aromatic N) is 4. The first-order chi connectivity index (χ1) is 17.9. The standard InChI is InChI=1S/C26H33FN8O3/c1-14-10-30-35(13-14)18-8-17(11-29-12-18)32-23-19(22(28)36)9-20(27)24(34-23)33-21(16-6-7-16)15(2)31-25(37)38-26(3,4)5/h8-13,15-16,21H,6-7H2,1-5H3,(H2,28,36)(H,31,37)(H2,32,33,34)/t15-,21-/m0/s1. The average molecular weight is 525 g/mol. The zero-order chi connectivity index (χ0) is 27.6. The number of nitrogens with one attached hydrogen (secondary N) is 3. The molecule has 2 atom stereocenters. The van der Waals surface area contributed by atoms with E-state index in [4.69, 9.17) is 10.5 Å². The summed E-state index contributed by atoms with van der Waals surface area (Å²) in [5, 5.41) is 13.3. The molecular formula is C26H33FN8O3. The van der Waals surface area contributed by atoms with Gasteiger partial charge in [-0.15, -0.1) is 0 Å². The lowest BCUT2D eigenvalue weighted by Crippen LogP contribution is -2.47. The van der Waals surface area contributed by atoms with Crippen LogP contribution >= 0.6 is 0 Å². The summed E-state index contributed by atoms with van der Waals surface area (Å²) in [6, 6.07) is 2.11. The molecule has 1 aliphatic rings. The SMILES string of the molecule is Cc1cnn(-c2cncc(Nc3nc(N[C@H](C4CC4)[C@H](C)NC(=O)OC(C)(C)C)c(F)cc3C(N)=O)c2)c1. The Hall–Kier alpha value is -4.22. The van der Waals surface area contributed by atoms with Crippen LogP contribution in [0.25, 0.3) is 5.69 Å². The van der Waals surface area contributed by atoms with Crippen molar-refractivity contribution >= 4 is 29.3 Å². The van der Waals surface area contributed by atoms with Crippen molar-refractivity contribution < 1.29 is 18.7 Å². The Bertz CT molecular complexity index is 1330. The number of aryl methyl sites for hydroxylation is 1. The summed E-state index contributed by atoms with van der Waals surface area (Å²) in [6.45, 7) is 9.09. The number of aromatic nitrogens is 4. The molecule has 5 N–H and O–H groups in total. The normalized spacial score (nSPS) is 14.9. The summed E-state index contributed by atoms with van der Waals surface area (Å²) in [4.78, 5) is 33.0. The number of ether oxygens (including phenoxy) is 1. The highest BCUT2D eigenvalue weighted by molar-refractivity contribution is 5.98. The van der Waals surface area contributed by atoms with Crippen LogP contribution in [0.2, 0.25) is 0 Å². The zero-order valence-corrected chi connectivity index (χ0v) is 22.1. The van der Waals surface area contributed by atoms with Crippen LogP contribution in [-0.4, -0.2) is 49.4 Å². The number of pyridine rings is 2. The first-order valence-corrected chi connectivity index (χ1v) is 12.4. The molecule has 0 radical (unpaired) electrons. The first-order valence-electron chi connectivity index (χ1n) is 12.4. The number of hydrogen-bond donors (Lipinski definition) is 4. The molecule has 1 fully saturated rings. The Labute approximate surface area is 220 Å². The maximum atomic E-state index is 15.1. The minimum absolute atomic E-state index is 0.0688. The van der Waals surface area contributed by atoms with Gasteiger partial charge in [0.2, 0.25) is 0 Å². The second-order valence-corrected chi connectivity index (χ2v) is 10.5. The van der Waals surface area contributed by atoms with Gasteiger partial charge in [-0.2, -0.15) is 5.10 Å². The minimum Gasteiger partial charge on any atom is -0.444 e. The molecule has 2 amide bonds. The second kappa shape index (κ2) is 10.6. The summed E-state index contributed by atoms with van der Waals surface area (Å²) in [7, 11) is 0. The molecule has 3 aromatic rings. The third-order valence-electron chi connectivity index (χ3n) is 5.92. The van der Waals surface area contributed by atoms with Crippen LogP contribution in [0.1, 0.15) is 56.5 Å². The molecule has 38 heavy (non-hydrogen) atoms. The molecular weight excluding hydrogens is 491 g/mol. The van der Waals surface area contributed by atoms with Crippen molar-refractivity contribution in [3.05, 3.63) is 53.9 Å². The van der Waals surface area contributed by atoms with Gasteiger partial charge in [-0.1, -0.05) is 0 Å². The van der Waals surface area contributed by atoms with Gasteiger partial charge in [-0.05, 0) is 71.1 Å². The Morgan fingerprint density at radius 3 is 2.53 bits per heavy atom. The highest BCUT2D eigenvalue weighted by Gasteiger charge is 2.37. The van der Waals surface area contributed by atoms with Crippen LogP contribution in [0, 0.1) is 18.7 Å². The van der Waals surface area contributed by atoms with E-state index in [2.05, 4.69) is 31.0 Å². The Morgan fingerprint density at radius 1 is 1.18 bits per heavy atom. The number of alkyl carbamates (subject to hydrolysis) is 1. The Balaban J connectivity index is 1.58. The lowest BCUT2D eigenvalue weighted by atomic mass is 10.0. The summed E-state index contributed by atoms with van der Waals surface area (Å²) < 4.78 is 22.1. The molecule has 0 spiro atoms. The van der Waals surface area contributed by atoms with Crippen molar-refractivity contribution in [2.24, 2.45) is 11.7 Å². The van der Waals surface area contributed by atoms with E-state index in [0.717, 1.165) is 24.5 Å². The van der Waals surface area contributed by atoms with Crippen LogP contribution in [0.3, 0.4) is 0 Å². The molecule has 11 nitrogen and oxygen atoms in total. The van der Waals surface area contributed by atoms with Gasteiger partial charge in [0.05, 0.1) is 41.6 Å². The van der Waals surface area contributed by atoms with E-state index in [1.807, 2.05) is 20.0 Å². The highest BCUT2D eigenvalue weighted by Crippen LogP contribution is 2.36. The lowest BCUT2D eigenvalue weighted by molar-refractivity contribution is 0.0501. The van der Waals surface area contributed by atoms with Crippen molar-refractivity contribution in [2.75, 3.05) is 10.6 Å². The Morgan fingerprint density at radius 2 is 1.92 bits per heavy atom. The molecule has 3 aromatic heterocycles. The molecule has 0 saturated heterocycles. The van der Waals surface area contributed by atoms with Crippen molar-refractivity contribution in [1.29, 1.82) is 0 Å². The molecule has 4 rings (SSSR count). The predicted molar refractivity (Wildman–Crippen MR) is 141 cm³/mol. The van der Waals surface area contributed by atoms with E-state index in [1.165, 1.54) is 0 Å².